The maximum absolute atomic E-state index is 12.9. The normalized spacial score (nSPS) is 13.5. The second-order valence-corrected chi connectivity index (χ2v) is 6.64. The number of aromatic nitrogens is 1. The molecular formula is C10H14BrFN2O3S. The molecule has 0 bridgehead atoms. The van der Waals surface area contributed by atoms with E-state index < -0.39 is 15.8 Å². The highest BCUT2D eigenvalue weighted by Crippen LogP contribution is 2.09. The quantitative estimate of drug-likeness (QED) is 0.759. The Morgan fingerprint density at radius 3 is 2.89 bits per heavy atom. The number of nitrogens with one attached hydrogen (secondary N) is 1. The van der Waals surface area contributed by atoms with Crippen LogP contribution in [0.1, 0.15) is 6.42 Å². The largest absolute Gasteiger partial charge is 0.384 e. The van der Waals surface area contributed by atoms with Gasteiger partial charge in [-0.2, -0.15) is 0 Å². The van der Waals surface area contributed by atoms with Crippen LogP contribution in [-0.2, 0) is 14.8 Å². The van der Waals surface area contributed by atoms with E-state index in [1.54, 1.807) is 7.11 Å². The van der Waals surface area contributed by atoms with Gasteiger partial charge in [0.1, 0.15) is 10.7 Å². The summed E-state index contributed by atoms with van der Waals surface area (Å²) in [4.78, 5) is 3.39. The van der Waals surface area contributed by atoms with Gasteiger partial charge in [0.15, 0.2) is 0 Å². The monoisotopic (exact) mass is 340 g/mol. The molecule has 1 N–H and O–H groups in total. The zero-order chi connectivity index (χ0) is 13.6. The van der Waals surface area contributed by atoms with Crippen molar-refractivity contribution in [3.8, 4) is 0 Å². The van der Waals surface area contributed by atoms with Crippen molar-refractivity contribution >= 4 is 26.0 Å². The molecule has 18 heavy (non-hydrogen) atoms. The third kappa shape index (κ3) is 4.97. The van der Waals surface area contributed by atoms with Crippen LogP contribution >= 0.6 is 15.9 Å². The third-order valence-corrected chi connectivity index (χ3v) is 4.24. The summed E-state index contributed by atoms with van der Waals surface area (Å²) in [5.74, 6) is -0.685. The molecule has 1 aromatic heterocycles. The first-order valence-corrected chi connectivity index (χ1v) is 7.59. The van der Waals surface area contributed by atoms with Gasteiger partial charge in [0.05, 0.1) is 12.8 Å². The summed E-state index contributed by atoms with van der Waals surface area (Å²) in [5.41, 5.74) is 0. The topological polar surface area (TPSA) is 68.3 Å². The first kappa shape index (κ1) is 15.5. The summed E-state index contributed by atoms with van der Waals surface area (Å²) >= 11 is 3.34. The molecule has 0 radical (unpaired) electrons. The molecule has 0 aliphatic rings. The van der Waals surface area contributed by atoms with Crippen LogP contribution in [0, 0.1) is 5.82 Å². The minimum Gasteiger partial charge on any atom is -0.384 e. The molecule has 0 amide bonds. The lowest BCUT2D eigenvalue weighted by Crippen LogP contribution is -2.27. The van der Waals surface area contributed by atoms with Gasteiger partial charge < -0.3 is 4.74 Å². The summed E-state index contributed by atoms with van der Waals surface area (Å²) in [6.45, 7) is 0.724. The van der Waals surface area contributed by atoms with Gasteiger partial charge in [0, 0.05) is 24.7 Å². The van der Waals surface area contributed by atoms with Crippen molar-refractivity contribution in [3.05, 3.63) is 24.3 Å². The van der Waals surface area contributed by atoms with E-state index >= 15 is 0 Å². The maximum atomic E-state index is 12.9. The van der Waals surface area contributed by atoms with Crippen molar-refractivity contribution in [2.45, 2.75) is 16.1 Å². The van der Waals surface area contributed by atoms with Crippen LogP contribution in [0.5, 0.6) is 0 Å². The van der Waals surface area contributed by atoms with Gasteiger partial charge in [0.25, 0.3) is 0 Å². The summed E-state index contributed by atoms with van der Waals surface area (Å²) in [5, 5.41) is 0. The highest BCUT2D eigenvalue weighted by molar-refractivity contribution is 9.09. The predicted octanol–water partition coefficient (Wildman–Crippen LogP) is 1.30. The van der Waals surface area contributed by atoms with E-state index in [2.05, 4.69) is 25.6 Å². The first-order valence-electron chi connectivity index (χ1n) is 5.19. The van der Waals surface area contributed by atoms with Crippen LogP contribution in [0.25, 0.3) is 0 Å². The summed E-state index contributed by atoms with van der Waals surface area (Å²) in [7, 11) is -2.14. The molecule has 102 valence electrons. The molecular weight excluding hydrogens is 327 g/mol. The highest BCUT2D eigenvalue weighted by atomic mass is 79.9. The van der Waals surface area contributed by atoms with Gasteiger partial charge >= 0.3 is 0 Å². The van der Waals surface area contributed by atoms with E-state index in [0.717, 1.165) is 18.5 Å². The number of methoxy groups -OCH3 is 1. The average Bonchev–Trinajstić information content (AvgIpc) is 2.29. The summed E-state index contributed by atoms with van der Waals surface area (Å²) in [6.07, 6.45) is 2.62. The van der Waals surface area contributed by atoms with Crippen molar-refractivity contribution in [1.29, 1.82) is 0 Å². The molecule has 1 heterocycles. The van der Waals surface area contributed by atoms with E-state index in [9.17, 15) is 12.8 Å². The number of rotatable bonds is 7. The number of hydrogen-bond donors (Lipinski definition) is 1. The number of sulfonamides is 1. The number of nitrogens with zero attached hydrogens (tertiary/aromatic N) is 1. The second-order valence-electron chi connectivity index (χ2n) is 3.58. The minimum atomic E-state index is -3.71. The number of halogens is 2. The Labute approximate surface area is 114 Å². The van der Waals surface area contributed by atoms with Crippen LogP contribution in [0.4, 0.5) is 4.39 Å². The summed E-state index contributed by atoms with van der Waals surface area (Å²) < 4.78 is 43.7. The van der Waals surface area contributed by atoms with Crippen LogP contribution in [0.15, 0.2) is 23.4 Å². The van der Waals surface area contributed by atoms with E-state index in [0.29, 0.717) is 13.0 Å². The van der Waals surface area contributed by atoms with Crippen molar-refractivity contribution in [1.82, 2.24) is 9.71 Å². The van der Waals surface area contributed by atoms with Gasteiger partial charge in [0.2, 0.25) is 10.0 Å². The lowest BCUT2D eigenvalue weighted by Gasteiger charge is -2.09. The lowest BCUT2D eigenvalue weighted by atomic mass is 10.3. The molecule has 0 aliphatic carbocycles. The van der Waals surface area contributed by atoms with Crippen molar-refractivity contribution in [2.75, 3.05) is 20.3 Å². The molecule has 5 nitrogen and oxygen atoms in total. The molecule has 0 fully saturated rings. The zero-order valence-electron chi connectivity index (χ0n) is 9.77. The fourth-order valence-electron chi connectivity index (χ4n) is 1.24. The van der Waals surface area contributed by atoms with Gasteiger partial charge in [-0.3, -0.25) is 4.98 Å². The predicted molar refractivity (Wildman–Crippen MR) is 68.6 cm³/mol. The number of pyridine rings is 1. The number of hydrogen-bond acceptors (Lipinski definition) is 4. The molecule has 1 atom stereocenters. The standard InChI is InChI=1S/C10H14BrFN2O3S/c1-17-7-8(11)2-3-14-18(15,16)10-4-9(12)5-13-6-10/h4-6,8,14H,2-3,7H2,1H3. The SMILES string of the molecule is COCC(Br)CCNS(=O)(=O)c1cncc(F)c1. The molecule has 0 aliphatic heterocycles. The molecule has 1 rings (SSSR count). The highest BCUT2D eigenvalue weighted by Gasteiger charge is 2.15. The fourth-order valence-corrected chi connectivity index (χ4v) is 2.75. The number of ether oxygens (including phenoxy) is 1. The van der Waals surface area contributed by atoms with E-state index in [1.807, 2.05) is 0 Å². The molecule has 0 spiro atoms. The van der Waals surface area contributed by atoms with Crippen molar-refractivity contribution in [2.24, 2.45) is 0 Å². The van der Waals surface area contributed by atoms with Crippen LogP contribution in [-0.4, -0.2) is 38.5 Å². The third-order valence-electron chi connectivity index (χ3n) is 2.09. The lowest BCUT2D eigenvalue weighted by molar-refractivity contribution is 0.199. The Balaban J connectivity index is 2.55. The zero-order valence-corrected chi connectivity index (χ0v) is 12.2. The summed E-state index contributed by atoms with van der Waals surface area (Å²) in [6, 6.07) is 0.927. The minimum absolute atomic E-state index is 0.0656. The van der Waals surface area contributed by atoms with Gasteiger partial charge in [-0.15, -0.1) is 0 Å². The second kappa shape index (κ2) is 7.13. The van der Waals surface area contributed by atoms with Gasteiger partial charge in [-0.1, -0.05) is 15.9 Å². The van der Waals surface area contributed by atoms with Crippen LogP contribution in [0.2, 0.25) is 0 Å². The maximum Gasteiger partial charge on any atom is 0.242 e. The molecule has 8 heteroatoms. The Kier molecular flexibility index (Phi) is 6.13. The Bertz CT molecular complexity index is 484. The smallest absolute Gasteiger partial charge is 0.242 e. The van der Waals surface area contributed by atoms with Gasteiger partial charge in [-0.25, -0.2) is 17.5 Å². The molecule has 0 aromatic carbocycles. The van der Waals surface area contributed by atoms with E-state index in [1.165, 1.54) is 0 Å². The van der Waals surface area contributed by atoms with Crippen molar-refractivity contribution in [3.63, 3.8) is 0 Å². The number of alkyl halides is 1. The van der Waals surface area contributed by atoms with Crippen LogP contribution in [0.3, 0.4) is 0 Å². The molecule has 1 unspecified atom stereocenters. The first-order chi connectivity index (χ1) is 8.45. The Hall–Kier alpha value is -0.570. The molecule has 1 aromatic rings. The fraction of sp³-hybridized carbons (Fsp3) is 0.500. The molecule has 0 saturated carbocycles. The average molecular weight is 341 g/mol. The van der Waals surface area contributed by atoms with Crippen molar-refractivity contribution < 1.29 is 17.5 Å². The Morgan fingerprint density at radius 2 is 2.28 bits per heavy atom. The van der Waals surface area contributed by atoms with Gasteiger partial charge in [-0.05, 0) is 12.5 Å². The van der Waals surface area contributed by atoms with E-state index in [-0.39, 0.29) is 16.3 Å². The van der Waals surface area contributed by atoms with Crippen LogP contribution < -0.4 is 4.72 Å². The Morgan fingerprint density at radius 1 is 1.56 bits per heavy atom. The van der Waals surface area contributed by atoms with E-state index in [4.69, 9.17) is 4.74 Å². The molecule has 0 saturated heterocycles.